The van der Waals surface area contributed by atoms with Gasteiger partial charge >= 0.3 is 12.0 Å². The van der Waals surface area contributed by atoms with E-state index in [1.54, 1.807) is 43.0 Å². The maximum Gasteiger partial charge on any atom is 0.344 e. The van der Waals surface area contributed by atoms with Gasteiger partial charge in [-0.3, -0.25) is 4.79 Å². The van der Waals surface area contributed by atoms with Gasteiger partial charge < -0.3 is 29.9 Å². The first-order chi connectivity index (χ1) is 14.5. The Morgan fingerprint density at radius 1 is 1.17 bits per heavy atom. The zero-order valence-corrected chi connectivity index (χ0v) is 17.6. The Labute approximate surface area is 176 Å². The van der Waals surface area contributed by atoms with Crippen molar-refractivity contribution in [2.24, 2.45) is 0 Å². The van der Waals surface area contributed by atoms with E-state index in [4.69, 9.17) is 9.47 Å². The average Bonchev–Trinajstić information content (AvgIpc) is 2.76. The van der Waals surface area contributed by atoms with E-state index in [0.29, 0.717) is 31.1 Å². The number of piperazine rings is 1. The topological polar surface area (TPSA) is 100 Å². The molecule has 2 fully saturated rings. The van der Waals surface area contributed by atoms with Gasteiger partial charge in [-0.2, -0.15) is 0 Å². The monoisotopic (exact) mass is 418 g/mol. The number of rotatable bonds is 6. The molecule has 1 aromatic carbocycles. The van der Waals surface area contributed by atoms with Crippen LogP contribution < -0.4 is 15.4 Å². The SMILES string of the molecule is CCOC(=O)COc1ccc(NC(=O)N2CCN(C3CCNCC3)C(=O)C2C)cc1. The second-order valence-corrected chi connectivity index (χ2v) is 7.43. The van der Waals surface area contributed by atoms with Crippen molar-refractivity contribution < 1.29 is 23.9 Å². The molecule has 3 amide bonds. The number of hydrogen-bond acceptors (Lipinski definition) is 6. The Bertz CT molecular complexity index is 748. The normalized spacial score (nSPS) is 20.1. The van der Waals surface area contributed by atoms with Crippen molar-refractivity contribution in [2.45, 2.75) is 38.8 Å². The number of amides is 3. The lowest BCUT2D eigenvalue weighted by atomic mass is 10.0. The molecule has 1 unspecified atom stereocenters. The van der Waals surface area contributed by atoms with Crippen LogP contribution in [0.4, 0.5) is 10.5 Å². The summed E-state index contributed by atoms with van der Waals surface area (Å²) in [5, 5.41) is 6.14. The molecule has 0 spiro atoms. The van der Waals surface area contributed by atoms with Gasteiger partial charge in [0.15, 0.2) is 6.61 Å². The summed E-state index contributed by atoms with van der Waals surface area (Å²) in [6.07, 6.45) is 1.91. The van der Waals surface area contributed by atoms with Crippen LogP contribution in [0, 0.1) is 0 Å². The van der Waals surface area contributed by atoms with E-state index >= 15 is 0 Å². The summed E-state index contributed by atoms with van der Waals surface area (Å²) in [6, 6.07) is 6.17. The molecule has 1 aromatic rings. The van der Waals surface area contributed by atoms with Crippen LogP contribution >= 0.6 is 0 Å². The van der Waals surface area contributed by atoms with Crippen molar-refractivity contribution in [3.05, 3.63) is 24.3 Å². The van der Waals surface area contributed by atoms with E-state index in [2.05, 4.69) is 10.6 Å². The molecular formula is C21H30N4O5. The Kier molecular flexibility index (Phi) is 7.51. The predicted molar refractivity (Wildman–Crippen MR) is 111 cm³/mol. The minimum atomic E-state index is -0.499. The third-order valence-corrected chi connectivity index (χ3v) is 5.47. The van der Waals surface area contributed by atoms with Crippen LogP contribution in [-0.4, -0.2) is 79.2 Å². The molecule has 2 N–H and O–H groups in total. The molecule has 0 bridgehead atoms. The molecule has 1 atom stereocenters. The lowest BCUT2D eigenvalue weighted by molar-refractivity contribution is -0.145. The largest absolute Gasteiger partial charge is 0.482 e. The van der Waals surface area contributed by atoms with Crippen LogP contribution in [0.5, 0.6) is 5.75 Å². The molecular weight excluding hydrogens is 388 g/mol. The fourth-order valence-corrected chi connectivity index (χ4v) is 3.83. The highest BCUT2D eigenvalue weighted by molar-refractivity contribution is 5.94. The van der Waals surface area contributed by atoms with E-state index in [9.17, 15) is 14.4 Å². The Morgan fingerprint density at radius 2 is 1.87 bits per heavy atom. The number of anilines is 1. The van der Waals surface area contributed by atoms with Gasteiger partial charge in [-0.05, 0) is 64.0 Å². The van der Waals surface area contributed by atoms with Crippen LogP contribution in [0.1, 0.15) is 26.7 Å². The summed E-state index contributed by atoms with van der Waals surface area (Å²) in [5.41, 5.74) is 0.587. The van der Waals surface area contributed by atoms with Crippen LogP contribution in [0.15, 0.2) is 24.3 Å². The van der Waals surface area contributed by atoms with E-state index in [1.165, 1.54) is 0 Å². The minimum absolute atomic E-state index is 0.00557. The number of urea groups is 1. The third kappa shape index (κ3) is 5.41. The van der Waals surface area contributed by atoms with E-state index in [0.717, 1.165) is 25.9 Å². The maximum absolute atomic E-state index is 12.8. The zero-order chi connectivity index (χ0) is 21.5. The number of ether oxygens (including phenoxy) is 2. The van der Waals surface area contributed by atoms with E-state index < -0.39 is 12.0 Å². The summed E-state index contributed by atoms with van der Waals surface area (Å²) in [7, 11) is 0. The van der Waals surface area contributed by atoms with Gasteiger partial charge in [0, 0.05) is 24.8 Å². The fourth-order valence-electron chi connectivity index (χ4n) is 3.83. The smallest absolute Gasteiger partial charge is 0.344 e. The molecule has 0 aliphatic carbocycles. The highest BCUT2D eigenvalue weighted by Crippen LogP contribution is 2.21. The molecule has 2 aliphatic heterocycles. The van der Waals surface area contributed by atoms with Gasteiger partial charge in [0.25, 0.3) is 0 Å². The van der Waals surface area contributed by atoms with Crippen LogP contribution in [0.2, 0.25) is 0 Å². The first-order valence-electron chi connectivity index (χ1n) is 10.5. The van der Waals surface area contributed by atoms with Gasteiger partial charge in [-0.25, -0.2) is 9.59 Å². The average molecular weight is 418 g/mol. The highest BCUT2D eigenvalue weighted by Gasteiger charge is 2.37. The quantitative estimate of drug-likeness (QED) is 0.679. The minimum Gasteiger partial charge on any atom is -0.482 e. The molecule has 3 rings (SSSR count). The number of piperidine rings is 1. The molecule has 2 saturated heterocycles. The van der Waals surface area contributed by atoms with Crippen molar-refractivity contribution in [2.75, 3.05) is 44.7 Å². The maximum atomic E-state index is 12.8. The molecule has 9 nitrogen and oxygen atoms in total. The standard InChI is InChI=1S/C21H30N4O5/c1-3-29-19(26)14-30-18-6-4-16(5-7-18)23-21(28)24-12-13-25(20(27)15(24)2)17-8-10-22-11-9-17/h4-7,15,17,22H,3,8-14H2,1-2H3,(H,23,28). The van der Waals surface area contributed by atoms with Crippen LogP contribution in [0.25, 0.3) is 0 Å². The molecule has 30 heavy (non-hydrogen) atoms. The van der Waals surface area contributed by atoms with Crippen molar-refractivity contribution in [1.82, 2.24) is 15.1 Å². The number of benzene rings is 1. The Balaban J connectivity index is 1.52. The summed E-state index contributed by atoms with van der Waals surface area (Å²) >= 11 is 0. The van der Waals surface area contributed by atoms with Gasteiger partial charge in [-0.1, -0.05) is 0 Å². The Hall–Kier alpha value is -2.81. The molecule has 0 aromatic heterocycles. The number of nitrogens with zero attached hydrogens (tertiary/aromatic N) is 2. The molecule has 9 heteroatoms. The highest BCUT2D eigenvalue weighted by atomic mass is 16.6. The molecule has 0 radical (unpaired) electrons. The number of esters is 1. The lowest BCUT2D eigenvalue weighted by Gasteiger charge is -2.43. The second kappa shape index (κ2) is 10.3. The number of nitrogens with one attached hydrogen (secondary N) is 2. The van der Waals surface area contributed by atoms with Gasteiger partial charge in [0.2, 0.25) is 5.91 Å². The number of carbonyl (C=O) groups excluding carboxylic acids is 3. The molecule has 2 heterocycles. The first kappa shape index (κ1) is 21.9. The van der Waals surface area contributed by atoms with Gasteiger partial charge in [-0.15, -0.1) is 0 Å². The first-order valence-corrected chi connectivity index (χ1v) is 10.5. The summed E-state index contributed by atoms with van der Waals surface area (Å²) in [6.45, 7) is 6.56. The number of hydrogen-bond donors (Lipinski definition) is 2. The zero-order valence-electron chi connectivity index (χ0n) is 17.6. The molecule has 2 aliphatic rings. The molecule has 164 valence electrons. The van der Waals surface area contributed by atoms with Crippen molar-refractivity contribution in [1.29, 1.82) is 0 Å². The van der Waals surface area contributed by atoms with E-state index in [1.807, 2.05) is 4.90 Å². The van der Waals surface area contributed by atoms with Crippen LogP contribution in [-0.2, 0) is 14.3 Å². The van der Waals surface area contributed by atoms with Gasteiger partial charge in [0.05, 0.1) is 6.61 Å². The van der Waals surface area contributed by atoms with Crippen molar-refractivity contribution in [3.63, 3.8) is 0 Å². The number of carbonyl (C=O) groups is 3. The summed E-state index contributed by atoms with van der Waals surface area (Å²) < 4.78 is 10.2. The molecule has 0 saturated carbocycles. The summed E-state index contributed by atoms with van der Waals surface area (Å²) in [4.78, 5) is 40.4. The van der Waals surface area contributed by atoms with Crippen molar-refractivity contribution >= 4 is 23.6 Å². The summed E-state index contributed by atoms with van der Waals surface area (Å²) in [5.74, 6) is 0.0726. The predicted octanol–water partition coefficient (Wildman–Crippen LogP) is 1.45. The van der Waals surface area contributed by atoms with Crippen molar-refractivity contribution in [3.8, 4) is 5.75 Å². The third-order valence-electron chi connectivity index (χ3n) is 5.47. The Morgan fingerprint density at radius 3 is 2.53 bits per heavy atom. The van der Waals surface area contributed by atoms with Gasteiger partial charge in [0.1, 0.15) is 11.8 Å². The lowest BCUT2D eigenvalue weighted by Crippen LogP contribution is -2.61. The van der Waals surface area contributed by atoms with E-state index in [-0.39, 0.29) is 24.6 Å². The van der Waals surface area contributed by atoms with Crippen LogP contribution in [0.3, 0.4) is 0 Å². The fraction of sp³-hybridized carbons (Fsp3) is 0.571. The second-order valence-electron chi connectivity index (χ2n) is 7.43.